The second-order valence-electron chi connectivity index (χ2n) is 7.68. The molecule has 13 heteroatoms. The Balaban J connectivity index is 2.14. The maximum absolute atomic E-state index is 14.6. The number of anilines is 1. The van der Waals surface area contributed by atoms with Gasteiger partial charge in [0.05, 0.1) is 0 Å². The van der Waals surface area contributed by atoms with Crippen LogP contribution >= 0.6 is 0 Å². The molecule has 2 rings (SSSR count). The zero-order chi connectivity index (χ0) is 26.0. The molecule has 2 aromatic carbocycles. The highest BCUT2D eigenvalue weighted by atomic mass is 19.3. The average Bonchev–Trinajstić information content (AvgIpc) is 2.76. The smallest absolute Gasteiger partial charge is 0.504 e. The van der Waals surface area contributed by atoms with Crippen molar-refractivity contribution < 1.29 is 45.9 Å². The summed E-state index contributed by atoms with van der Waals surface area (Å²) in [6.45, 7) is -1.65. The highest BCUT2D eigenvalue weighted by molar-refractivity contribution is 6.17. The van der Waals surface area contributed by atoms with E-state index in [0.29, 0.717) is 5.56 Å². The predicted molar refractivity (Wildman–Crippen MR) is 120 cm³/mol. The molecule has 0 atom stereocenters. The molecule has 0 aliphatic rings. The van der Waals surface area contributed by atoms with E-state index in [-0.39, 0.29) is 47.9 Å². The quantitative estimate of drug-likeness (QED) is 0.304. The summed E-state index contributed by atoms with van der Waals surface area (Å²) in [5.41, 5.74) is 0.754. The number of rotatable bonds is 14. The fourth-order valence-electron chi connectivity index (χ4n) is 3.17. The van der Waals surface area contributed by atoms with Gasteiger partial charge in [-0.05, 0) is 50.3 Å². The Hall–Kier alpha value is -3.06. The molecule has 0 spiro atoms. The third kappa shape index (κ3) is 9.61. The molecule has 0 aliphatic carbocycles. The fourth-order valence-corrected chi connectivity index (χ4v) is 3.17. The molecular formula is C22H26BF5N2O5. The Morgan fingerprint density at radius 3 is 2.37 bits per heavy atom. The largest absolute Gasteiger partial charge is 0.539 e. The summed E-state index contributed by atoms with van der Waals surface area (Å²) in [7, 11) is 2.79. The van der Waals surface area contributed by atoms with Gasteiger partial charge in [-0.3, -0.25) is 4.79 Å². The van der Waals surface area contributed by atoms with Crippen LogP contribution in [0, 0.1) is 5.82 Å². The van der Waals surface area contributed by atoms with Gasteiger partial charge in [0.1, 0.15) is 24.7 Å². The summed E-state index contributed by atoms with van der Waals surface area (Å²) in [5.74, 6) is -1.37. The van der Waals surface area contributed by atoms with E-state index in [2.05, 4.69) is 5.32 Å². The topological polar surface area (TPSA) is 80.3 Å². The molecule has 0 fully saturated rings. The minimum atomic E-state index is -2.78. The van der Waals surface area contributed by atoms with Crippen LogP contribution in [0.2, 0.25) is 0 Å². The van der Waals surface area contributed by atoms with Gasteiger partial charge >= 0.3 is 7.69 Å². The van der Waals surface area contributed by atoms with E-state index in [1.54, 1.807) is 19.0 Å². The zero-order valence-electron chi connectivity index (χ0n) is 19.2. The first kappa shape index (κ1) is 28.2. The Bertz CT molecular complexity index is 981. The number of nitrogens with one attached hydrogen (secondary N) is 1. The Labute approximate surface area is 200 Å². The van der Waals surface area contributed by atoms with Gasteiger partial charge in [-0.25, -0.2) is 22.0 Å². The van der Waals surface area contributed by atoms with Crippen molar-refractivity contribution >= 4 is 19.3 Å². The number of halogens is 5. The number of hydrogen-bond acceptors (Lipinski definition) is 6. The molecule has 7 nitrogen and oxygen atoms in total. The van der Waals surface area contributed by atoms with Crippen molar-refractivity contribution in [2.24, 2.45) is 0 Å². The number of benzene rings is 2. The van der Waals surface area contributed by atoms with Crippen molar-refractivity contribution in [3.05, 3.63) is 47.3 Å². The second-order valence-corrected chi connectivity index (χ2v) is 7.68. The molecule has 0 saturated carbocycles. The number of hydrogen-bond donors (Lipinski definition) is 2. The first-order valence-corrected chi connectivity index (χ1v) is 10.5. The van der Waals surface area contributed by atoms with E-state index in [4.69, 9.17) is 19.2 Å². The molecule has 0 aromatic heterocycles. The summed E-state index contributed by atoms with van der Waals surface area (Å²) in [6.07, 6.45) is -5.53. The number of ether oxygens (including phenoxy) is 2. The number of carbonyl (C=O) groups excluding carboxylic acids is 1. The lowest BCUT2D eigenvalue weighted by molar-refractivity contribution is -0.116. The van der Waals surface area contributed by atoms with E-state index >= 15 is 0 Å². The molecule has 0 saturated heterocycles. The summed E-state index contributed by atoms with van der Waals surface area (Å²) < 4.78 is 79.7. The molecule has 2 aromatic rings. The van der Waals surface area contributed by atoms with E-state index < -0.39 is 45.5 Å². The SMILES string of the molecule is CN(C)Cc1cc(NC(=O)CCc2cc(OBO)ccc2OCC(F)F)cc(F)c1OCC(F)F. The fraction of sp³-hybridized carbons (Fsp3) is 0.409. The minimum absolute atomic E-state index is 0.0651. The molecule has 0 bridgehead atoms. The number of aryl methyl sites for hydroxylation is 1. The van der Waals surface area contributed by atoms with Crippen LogP contribution in [0.3, 0.4) is 0 Å². The summed E-state index contributed by atoms with van der Waals surface area (Å²) in [4.78, 5) is 14.2. The van der Waals surface area contributed by atoms with Crippen molar-refractivity contribution in [2.75, 3.05) is 32.6 Å². The third-order valence-corrected chi connectivity index (χ3v) is 4.49. The average molecular weight is 504 g/mol. The zero-order valence-corrected chi connectivity index (χ0v) is 19.2. The Kier molecular flexibility index (Phi) is 11.1. The minimum Gasteiger partial charge on any atom is -0.539 e. The molecular weight excluding hydrogens is 478 g/mol. The van der Waals surface area contributed by atoms with Crippen molar-refractivity contribution in [2.45, 2.75) is 32.2 Å². The van der Waals surface area contributed by atoms with Crippen LogP contribution in [0.1, 0.15) is 17.5 Å². The molecule has 192 valence electrons. The van der Waals surface area contributed by atoms with Gasteiger partial charge < -0.3 is 29.4 Å². The molecule has 0 aliphatic heterocycles. The van der Waals surface area contributed by atoms with Crippen molar-refractivity contribution in [3.8, 4) is 17.2 Å². The normalized spacial score (nSPS) is 11.2. The van der Waals surface area contributed by atoms with Gasteiger partial charge in [0.15, 0.2) is 11.6 Å². The number of alkyl halides is 4. The lowest BCUT2D eigenvalue weighted by Crippen LogP contribution is -2.17. The van der Waals surface area contributed by atoms with Gasteiger partial charge in [0.25, 0.3) is 12.9 Å². The Morgan fingerprint density at radius 2 is 1.74 bits per heavy atom. The van der Waals surface area contributed by atoms with E-state index in [1.807, 2.05) is 0 Å². The molecule has 0 heterocycles. The lowest BCUT2D eigenvalue weighted by atomic mass is 10.1. The summed E-state index contributed by atoms with van der Waals surface area (Å²) in [5, 5.41) is 11.5. The van der Waals surface area contributed by atoms with Gasteiger partial charge in [-0.2, -0.15) is 0 Å². The maximum atomic E-state index is 14.6. The van der Waals surface area contributed by atoms with Crippen molar-refractivity contribution in [1.82, 2.24) is 4.90 Å². The highest BCUT2D eigenvalue weighted by Gasteiger charge is 2.17. The van der Waals surface area contributed by atoms with E-state index in [1.165, 1.54) is 24.3 Å². The molecule has 35 heavy (non-hydrogen) atoms. The molecule has 2 N–H and O–H groups in total. The number of carbonyl (C=O) groups is 1. The second kappa shape index (κ2) is 13.7. The first-order valence-electron chi connectivity index (χ1n) is 10.5. The summed E-state index contributed by atoms with van der Waals surface area (Å²) in [6, 6.07) is 6.66. The van der Waals surface area contributed by atoms with E-state index in [9.17, 15) is 26.7 Å². The number of nitrogens with zero attached hydrogens (tertiary/aromatic N) is 1. The van der Waals surface area contributed by atoms with Crippen LogP contribution in [0.4, 0.5) is 27.6 Å². The Morgan fingerprint density at radius 1 is 1.06 bits per heavy atom. The van der Waals surface area contributed by atoms with Gasteiger partial charge in [-0.15, -0.1) is 0 Å². The van der Waals surface area contributed by atoms with Crippen LogP contribution in [-0.2, 0) is 17.8 Å². The van der Waals surface area contributed by atoms with Crippen LogP contribution in [0.15, 0.2) is 30.3 Å². The maximum Gasteiger partial charge on any atom is 0.504 e. The number of amides is 1. The van der Waals surface area contributed by atoms with Crippen LogP contribution in [-0.4, -0.2) is 63.7 Å². The van der Waals surface area contributed by atoms with Gasteiger partial charge in [0, 0.05) is 30.3 Å². The molecule has 1 amide bonds. The van der Waals surface area contributed by atoms with Crippen LogP contribution in [0.5, 0.6) is 17.2 Å². The van der Waals surface area contributed by atoms with E-state index in [0.717, 1.165) is 6.07 Å². The van der Waals surface area contributed by atoms with Crippen molar-refractivity contribution in [1.29, 1.82) is 0 Å². The monoisotopic (exact) mass is 504 g/mol. The third-order valence-electron chi connectivity index (χ3n) is 4.49. The van der Waals surface area contributed by atoms with Crippen molar-refractivity contribution in [3.63, 3.8) is 0 Å². The highest BCUT2D eigenvalue weighted by Crippen LogP contribution is 2.29. The van der Waals surface area contributed by atoms with Gasteiger partial charge in [0.2, 0.25) is 5.91 Å². The van der Waals surface area contributed by atoms with Gasteiger partial charge in [-0.1, -0.05) is 0 Å². The van der Waals surface area contributed by atoms with Crippen LogP contribution < -0.4 is 19.4 Å². The standard InChI is InChI=1S/C22H26BF5N2O5/c1-30(2)10-14-7-15(9-17(24)22(14)34-12-20(27)28)29-21(31)6-3-13-8-16(35-23-32)4-5-18(13)33-11-19(25)26/h4-5,7-9,19-20,23,32H,3,6,10-12H2,1-2H3,(H,29,31). The molecule has 0 radical (unpaired) electrons. The lowest BCUT2D eigenvalue weighted by Gasteiger charge is -2.17. The predicted octanol–water partition coefficient (Wildman–Crippen LogP) is 3.38. The van der Waals surface area contributed by atoms with Crippen LogP contribution in [0.25, 0.3) is 0 Å². The summed E-state index contributed by atoms with van der Waals surface area (Å²) >= 11 is 0. The first-order chi connectivity index (χ1) is 16.6. The molecule has 0 unspecified atom stereocenters.